The smallest absolute Gasteiger partial charge is 0.178 e. The Morgan fingerprint density at radius 2 is 2.24 bits per heavy atom. The van der Waals surface area contributed by atoms with E-state index in [-0.39, 0.29) is 0 Å². The molecule has 3 unspecified atom stereocenters. The lowest BCUT2D eigenvalue weighted by Gasteiger charge is -2.20. The van der Waals surface area contributed by atoms with Crippen LogP contribution in [-0.2, 0) is 0 Å². The third kappa shape index (κ3) is 1.62. The summed E-state index contributed by atoms with van der Waals surface area (Å²) in [5.41, 5.74) is 2.24. The van der Waals surface area contributed by atoms with Gasteiger partial charge in [0.2, 0.25) is 0 Å². The number of aromatic nitrogens is 3. The average Bonchev–Trinajstić information content (AvgIpc) is 2.80. The van der Waals surface area contributed by atoms with Crippen LogP contribution in [0.2, 0.25) is 0 Å². The maximum absolute atomic E-state index is 5.46. The van der Waals surface area contributed by atoms with E-state index in [9.17, 15) is 0 Å². The lowest BCUT2D eigenvalue weighted by molar-refractivity contribution is 0.356. The van der Waals surface area contributed by atoms with E-state index in [2.05, 4.69) is 34.4 Å². The minimum atomic E-state index is 0.536. The van der Waals surface area contributed by atoms with E-state index >= 15 is 0 Å². The lowest BCUT2D eigenvalue weighted by atomic mass is 9.97. The zero-order valence-electron chi connectivity index (χ0n) is 10.2. The number of nitrogens with zero attached hydrogens (tertiary/aromatic N) is 2. The van der Waals surface area contributed by atoms with Gasteiger partial charge in [-0.1, -0.05) is 13.8 Å². The van der Waals surface area contributed by atoms with E-state index < -0.39 is 0 Å². The van der Waals surface area contributed by atoms with Gasteiger partial charge in [-0.15, -0.1) is 0 Å². The fraction of sp³-hybridized carbons (Fsp3) is 0.538. The first-order valence-corrected chi connectivity index (χ1v) is 6.63. The second-order valence-electron chi connectivity index (χ2n) is 5.17. The highest BCUT2D eigenvalue weighted by atomic mass is 32.1. The second-order valence-corrected chi connectivity index (χ2v) is 5.56. The van der Waals surface area contributed by atoms with Crippen LogP contribution in [-0.4, -0.2) is 14.5 Å². The molecule has 3 nitrogen and oxygen atoms in total. The van der Waals surface area contributed by atoms with Crippen molar-refractivity contribution in [2.75, 3.05) is 0 Å². The summed E-state index contributed by atoms with van der Waals surface area (Å²) < 4.78 is 3.12. The molecular weight excluding hydrogens is 230 g/mol. The number of hydrogen-bond donors (Lipinski definition) is 1. The van der Waals surface area contributed by atoms with Crippen LogP contribution in [0.5, 0.6) is 0 Å². The van der Waals surface area contributed by atoms with Gasteiger partial charge < -0.3 is 9.55 Å². The molecule has 0 aliphatic heterocycles. The molecular formula is C13H17N3S. The van der Waals surface area contributed by atoms with Gasteiger partial charge in [-0.3, -0.25) is 4.98 Å². The molecule has 3 atom stereocenters. The third-order valence-electron chi connectivity index (χ3n) is 4.27. The van der Waals surface area contributed by atoms with Gasteiger partial charge in [0, 0.05) is 12.2 Å². The van der Waals surface area contributed by atoms with Crippen LogP contribution in [0.15, 0.2) is 18.5 Å². The molecule has 1 saturated carbocycles. The first kappa shape index (κ1) is 11.0. The standard InChI is InChI=1S/C13H17N3S/c1-8-3-4-11(9(8)2)16-12-5-6-14-7-10(12)15-13(16)17/h5-9,11H,3-4H2,1-2H3,(H,15,17). The third-order valence-corrected chi connectivity index (χ3v) is 4.57. The fourth-order valence-corrected chi connectivity index (χ4v) is 3.35. The van der Waals surface area contributed by atoms with E-state index in [1.807, 2.05) is 12.4 Å². The van der Waals surface area contributed by atoms with Crippen LogP contribution in [0, 0.1) is 16.6 Å². The monoisotopic (exact) mass is 247 g/mol. The maximum atomic E-state index is 5.46. The average molecular weight is 247 g/mol. The fourth-order valence-electron chi connectivity index (χ4n) is 3.01. The summed E-state index contributed by atoms with van der Waals surface area (Å²) in [5, 5.41) is 0. The Kier molecular flexibility index (Phi) is 2.54. The zero-order valence-corrected chi connectivity index (χ0v) is 11.0. The summed E-state index contributed by atoms with van der Waals surface area (Å²) in [5.74, 6) is 1.47. The molecule has 1 N–H and O–H groups in total. The highest BCUT2D eigenvalue weighted by Crippen LogP contribution is 2.41. The van der Waals surface area contributed by atoms with Gasteiger partial charge in [-0.05, 0) is 43.0 Å². The van der Waals surface area contributed by atoms with Crippen LogP contribution < -0.4 is 0 Å². The molecule has 2 heterocycles. The normalized spacial score (nSPS) is 28.9. The van der Waals surface area contributed by atoms with Crippen LogP contribution >= 0.6 is 12.2 Å². The first-order chi connectivity index (χ1) is 8.18. The highest BCUT2D eigenvalue weighted by Gasteiger charge is 2.32. The summed E-state index contributed by atoms with van der Waals surface area (Å²) in [6.07, 6.45) is 6.21. The van der Waals surface area contributed by atoms with Crippen molar-refractivity contribution in [2.45, 2.75) is 32.7 Å². The number of pyridine rings is 1. The first-order valence-electron chi connectivity index (χ1n) is 6.22. The van der Waals surface area contributed by atoms with Crippen molar-refractivity contribution in [3.8, 4) is 0 Å². The molecule has 90 valence electrons. The summed E-state index contributed by atoms with van der Waals surface area (Å²) in [4.78, 5) is 7.39. The van der Waals surface area contributed by atoms with Crippen molar-refractivity contribution in [3.05, 3.63) is 23.2 Å². The Morgan fingerprint density at radius 1 is 1.41 bits per heavy atom. The van der Waals surface area contributed by atoms with Crippen LogP contribution in [0.25, 0.3) is 11.0 Å². The highest BCUT2D eigenvalue weighted by molar-refractivity contribution is 7.71. The molecule has 1 aliphatic rings. The van der Waals surface area contributed by atoms with Gasteiger partial charge in [0.25, 0.3) is 0 Å². The van der Waals surface area contributed by atoms with Crippen molar-refractivity contribution in [1.82, 2.24) is 14.5 Å². The lowest BCUT2D eigenvalue weighted by Crippen LogP contribution is -2.14. The molecule has 1 aliphatic carbocycles. The van der Waals surface area contributed by atoms with Crippen molar-refractivity contribution < 1.29 is 0 Å². The van der Waals surface area contributed by atoms with Gasteiger partial charge in [0.05, 0.1) is 17.2 Å². The van der Waals surface area contributed by atoms with Crippen LogP contribution in [0.3, 0.4) is 0 Å². The second kappa shape index (κ2) is 3.95. The van der Waals surface area contributed by atoms with E-state index in [4.69, 9.17) is 12.2 Å². The van der Waals surface area contributed by atoms with Gasteiger partial charge in [-0.2, -0.15) is 0 Å². The van der Waals surface area contributed by atoms with Crippen molar-refractivity contribution in [2.24, 2.45) is 11.8 Å². The molecule has 0 bridgehead atoms. The summed E-state index contributed by atoms with van der Waals surface area (Å²) in [6, 6.07) is 2.59. The number of fused-ring (bicyclic) bond motifs is 1. The predicted molar refractivity (Wildman–Crippen MR) is 71.5 cm³/mol. The van der Waals surface area contributed by atoms with Crippen LogP contribution in [0.1, 0.15) is 32.7 Å². The molecule has 0 saturated heterocycles. The molecule has 0 radical (unpaired) electrons. The Labute approximate surface area is 106 Å². The number of aromatic amines is 1. The molecule has 0 aromatic carbocycles. The Hall–Kier alpha value is -1.16. The number of hydrogen-bond acceptors (Lipinski definition) is 2. The quantitative estimate of drug-likeness (QED) is 0.779. The Bertz CT molecular complexity index is 598. The summed E-state index contributed by atoms with van der Waals surface area (Å²) >= 11 is 5.46. The molecule has 0 spiro atoms. The topological polar surface area (TPSA) is 33.6 Å². The SMILES string of the molecule is CC1CCC(n2c(=S)[nH]c3cnccc32)C1C. The van der Waals surface area contributed by atoms with Gasteiger partial charge in [0.1, 0.15) is 0 Å². The number of nitrogens with one attached hydrogen (secondary N) is 1. The molecule has 2 aromatic rings. The zero-order chi connectivity index (χ0) is 12.0. The maximum Gasteiger partial charge on any atom is 0.178 e. The predicted octanol–water partition coefficient (Wildman–Crippen LogP) is 3.70. The van der Waals surface area contributed by atoms with E-state index in [1.165, 1.54) is 18.4 Å². The molecule has 3 rings (SSSR count). The molecule has 2 aromatic heterocycles. The summed E-state index contributed by atoms with van der Waals surface area (Å²) in [7, 11) is 0. The van der Waals surface area contributed by atoms with Gasteiger partial charge in [-0.25, -0.2) is 0 Å². The van der Waals surface area contributed by atoms with Crippen molar-refractivity contribution in [3.63, 3.8) is 0 Å². The minimum Gasteiger partial charge on any atom is -0.329 e. The molecule has 17 heavy (non-hydrogen) atoms. The Balaban J connectivity index is 2.17. The van der Waals surface area contributed by atoms with Gasteiger partial charge >= 0.3 is 0 Å². The number of imidazole rings is 1. The van der Waals surface area contributed by atoms with Crippen molar-refractivity contribution in [1.29, 1.82) is 0 Å². The van der Waals surface area contributed by atoms with Crippen LogP contribution in [0.4, 0.5) is 0 Å². The minimum absolute atomic E-state index is 0.536. The number of H-pyrrole nitrogens is 1. The van der Waals surface area contributed by atoms with Crippen molar-refractivity contribution >= 4 is 23.3 Å². The Morgan fingerprint density at radius 3 is 2.94 bits per heavy atom. The summed E-state index contributed by atoms with van der Waals surface area (Å²) in [6.45, 7) is 4.68. The number of rotatable bonds is 1. The molecule has 0 amide bonds. The largest absolute Gasteiger partial charge is 0.329 e. The molecule has 1 fully saturated rings. The van der Waals surface area contributed by atoms with E-state index in [0.29, 0.717) is 12.0 Å². The molecule has 4 heteroatoms. The van der Waals surface area contributed by atoms with E-state index in [1.54, 1.807) is 0 Å². The van der Waals surface area contributed by atoms with E-state index in [0.717, 1.165) is 16.2 Å². The van der Waals surface area contributed by atoms with Gasteiger partial charge in [0.15, 0.2) is 4.77 Å².